The first-order valence-corrected chi connectivity index (χ1v) is 9.71. The van der Waals surface area contributed by atoms with Crippen molar-refractivity contribution in [3.05, 3.63) is 58.3 Å². The van der Waals surface area contributed by atoms with Crippen LogP contribution in [0.2, 0.25) is 0 Å². The molecule has 0 aliphatic carbocycles. The van der Waals surface area contributed by atoms with Crippen molar-refractivity contribution in [3.63, 3.8) is 0 Å². The van der Waals surface area contributed by atoms with Crippen LogP contribution in [0.4, 0.5) is 0 Å². The molecule has 25 heavy (non-hydrogen) atoms. The molecule has 1 aromatic heterocycles. The smallest absolute Gasteiger partial charge is 0.200 e. The number of para-hydroxylation sites is 1. The number of hydrogen-bond acceptors (Lipinski definition) is 2. The van der Waals surface area contributed by atoms with Crippen LogP contribution in [0.25, 0.3) is 21.9 Å². The van der Waals surface area contributed by atoms with Gasteiger partial charge >= 0.3 is 0 Å². The second-order valence-corrected chi connectivity index (χ2v) is 7.36. The van der Waals surface area contributed by atoms with E-state index in [1.165, 1.54) is 25.7 Å². The van der Waals surface area contributed by atoms with Crippen LogP contribution in [-0.4, -0.2) is 5.38 Å². The zero-order valence-corrected chi connectivity index (χ0v) is 15.5. The molecule has 2 aromatic carbocycles. The van der Waals surface area contributed by atoms with Gasteiger partial charge in [0.1, 0.15) is 11.2 Å². The van der Waals surface area contributed by atoms with Gasteiger partial charge in [0.05, 0.1) is 10.8 Å². The fourth-order valence-corrected chi connectivity index (χ4v) is 3.53. The highest BCUT2D eigenvalue weighted by atomic mass is 35.5. The highest BCUT2D eigenvalue weighted by molar-refractivity contribution is 6.20. The maximum absolute atomic E-state index is 12.7. The molecule has 0 bridgehead atoms. The van der Waals surface area contributed by atoms with E-state index in [1.807, 2.05) is 42.5 Å². The lowest BCUT2D eigenvalue weighted by atomic mass is 10.0. The van der Waals surface area contributed by atoms with Crippen LogP contribution >= 0.6 is 11.6 Å². The Balaban J connectivity index is 1.72. The summed E-state index contributed by atoms with van der Waals surface area (Å²) in [5, 5.41) is 1.50. The normalized spacial score (nSPS) is 12.7. The van der Waals surface area contributed by atoms with Crippen molar-refractivity contribution in [2.24, 2.45) is 0 Å². The first-order chi connectivity index (χ1) is 12.2. The number of halogens is 1. The molecule has 0 fully saturated rings. The fourth-order valence-electron chi connectivity index (χ4n) is 3.27. The van der Waals surface area contributed by atoms with E-state index in [9.17, 15) is 4.79 Å². The number of benzene rings is 2. The molecule has 3 aromatic rings. The van der Waals surface area contributed by atoms with Gasteiger partial charge in [-0.25, -0.2) is 0 Å². The Morgan fingerprint density at radius 2 is 1.76 bits per heavy atom. The molecule has 0 amide bonds. The summed E-state index contributed by atoms with van der Waals surface area (Å²) in [5.74, 6) is 0. The van der Waals surface area contributed by atoms with E-state index >= 15 is 0 Å². The Kier molecular flexibility index (Phi) is 6.14. The lowest BCUT2D eigenvalue weighted by Gasteiger charge is -2.10. The van der Waals surface area contributed by atoms with Gasteiger partial charge in [-0.15, -0.1) is 11.6 Å². The third kappa shape index (κ3) is 4.43. The SMILES string of the molecule is CCCCCCC(Cl)CCc1ccc2oc3ccccc3c(=O)c2c1. The summed E-state index contributed by atoms with van der Waals surface area (Å²) >= 11 is 6.46. The van der Waals surface area contributed by atoms with Crippen LogP contribution in [0.15, 0.2) is 51.7 Å². The third-order valence-electron chi connectivity index (χ3n) is 4.76. The summed E-state index contributed by atoms with van der Waals surface area (Å²) in [4.78, 5) is 12.7. The topological polar surface area (TPSA) is 30.2 Å². The first-order valence-electron chi connectivity index (χ1n) is 9.27. The fraction of sp³-hybridized carbons (Fsp3) is 0.409. The van der Waals surface area contributed by atoms with Crippen molar-refractivity contribution in [3.8, 4) is 0 Å². The average molecular weight is 357 g/mol. The molecular formula is C22H25ClO2. The molecule has 0 spiro atoms. The average Bonchev–Trinajstić information content (AvgIpc) is 2.64. The highest BCUT2D eigenvalue weighted by Crippen LogP contribution is 2.21. The lowest BCUT2D eigenvalue weighted by molar-refractivity contribution is 0.594. The molecule has 3 heteroatoms. The minimum Gasteiger partial charge on any atom is -0.456 e. The van der Waals surface area contributed by atoms with Crippen LogP contribution in [0.3, 0.4) is 0 Å². The van der Waals surface area contributed by atoms with Gasteiger partial charge in [-0.3, -0.25) is 4.79 Å². The zero-order valence-electron chi connectivity index (χ0n) is 14.8. The maximum Gasteiger partial charge on any atom is 0.200 e. The molecule has 0 saturated carbocycles. The van der Waals surface area contributed by atoms with Crippen LogP contribution in [0.1, 0.15) is 51.0 Å². The van der Waals surface area contributed by atoms with Gasteiger partial charge in [0.25, 0.3) is 0 Å². The van der Waals surface area contributed by atoms with Gasteiger partial charge in [0.15, 0.2) is 0 Å². The standard InChI is InChI=1S/C22H25ClO2/c1-2-3-4-5-8-17(23)13-11-16-12-14-21-19(15-16)22(24)18-9-6-7-10-20(18)25-21/h6-7,9-10,12,14-15,17H,2-5,8,11,13H2,1H3. The predicted molar refractivity (Wildman–Crippen MR) is 107 cm³/mol. The van der Waals surface area contributed by atoms with E-state index in [0.717, 1.165) is 24.8 Å². The van der Waals surface area contributed by atoms with E-state index in [1.54, 1.807) is 0 Å². The Labute approximate surface area is 153 Å². The second kappa shape index (κ2) is 8.53. The van der Waals surface area contributed by atoms with Crippen molar-refractivity contribution < 1.29 is 4.42 Å². The molecule has 0 aliphatic heterocycles. The van der Waals surface area contributed by atoms with Gasteiger partial charge in [0.2, 0.25) is 5.43 Å². The summed E-state index contributed by atoms with van der Waals surface area (Å²) in [6, 6.07) is 13.3. The van der Waals surface area contributed by atoms with Crippen LogP contribution in [0, 0.1) is 0 Å². The van der Waals surface area contributed by atoms with Crippen molar-refractivity contribution in [1.29, 1.82) is 0 Å². The summed E-state index contributed by atoms with van der Waals surface area (Å²) in [6.07, 6.45) is 7.92. The number of rotatable bonds is 8. The summed E-state index contributed by atoms with van der Waals surface area (Å²) < 4.78 is 5.86. The number of aryl methyl sites for hydroxylation is 1. The summed E-state index contributed by atoms with van der Waals surface area (Å²) in [6.45, 7) is 2.22. The highest BCUT2D eigenvalue weighted by Gasteiger charge is 2.09. The summed E-state index contributed by atoms with van der Waals surface area (Å²) in [5.41, 5.74) is 2.48. The monoisotopic (exact) mass is 356 g/mol. The third-order valence-corrected chi connectivity index (χ3v) is 5.19. The van der Waals surface area contributed by atoms with E-state index in [0.29, 0.717) is 21.9 Å². The molecule has 0 radical (unpaired) electrons. The molecule has 2 nitrogen and oxygen atoms in total. The molecular weight excluding hydrogens is 332 g/mol. The molecule has 0 aliphatic rings. The second-order valence-electron chi connectivity index (χ2n) is 6.74. The first kappa shape index (κ1) is 18.0. The number of alkyl halides is 1. The largest absolute Gasteiger partial charge is 0.456 e. The Morgan fingerprint density at radius 3 is 2.60 bits per heavy atom. The molecule has 1 atom stereocenters. The Bertz CT molecular complexity index is 897. The Hall–Kier alpha value is -1.80. The van der Waals surface area contributed by atoms with Gasteiger partial charge in [-0.2, -0.15) is 0 Å². The van der Waals surface area contributed by atoms with E-state index in [2.05, 4.69) is 6.92 Å². The molecule has 1 heterocycles. The van der Waals surface area contributed by atoms with Gasteiger partial charge in [0, 0.05) is 5.38 Å². The lowest BCUT2D eigenvalue weighted by Crippen LogP contribution is -2.04. The molecule has 0 N–H and O–H groups in total. The minimum atomic E-state index is 0.0423. The van der Waals surface area contributed by atoms with Crippen molar-refractivity contribution in [1.82, 2.24) is 0 Å². The van der Waals surface area contributed by atoms with Crippen molar-refractivity contribution in [2.75, 3.05) is 0 Å². The number of fused-ring (bicyclic) bond motifs is 2. The van der Waals surface area contributed by atoms with Crippen LogP contribution in [-0.2, 0) is 6.42 Å². The minimum absolute atomic E-state index is 0.0423. The number of unbranched alkanes of at least 4 members (excludes halogenated alkanes) is 3. The molecule has 132 valence electrons. The van der Waals surface area contributed by atoms with E-state index in [-0.39, 0.29) is 10.8 Å². The van der Waals surface area contributed by atoms with E-state index < -0.39 is 0 Å². The molecule has 3 rings (SSSR count). The predicted octanol–water partition coefficient (Wildman–Crippen LogP) is 6.46. The number of hydrogen-bond donors (Lipinski definition) is 0. The van der Waals surface area contributed by atoms with Crippen molar-refractivity contribution >= 4 is 33.5 Å². The van der Waals surface area contributed by atoms with Crippen LogP contribution < -0.4 is 5.43 Å². The van der Waals surface area contributed by atoms with Gasteiger partial charge in [-0.05, 0) is 49.1 Å². The summed E-state index contributed by atoms with van der Waals surface area (Å²) in [7, 11) is 0. The van der Waals surface area contributed by atoms with Crippen LogP contribution in [0.5, 0.6) is 0 Å². The van der Waals surface area contributed by atoms with Gasteiger partial charge < -0.3 is 4.42 Å². The molecule has 0 saturated heterocycles. The van der Waals surface area contributed by atoms with Crippen molar-refractivity contribution in [2.45, 2.75) is 57.2 Å². The molecule has 1 unspecified atom stereocenters. The maximum atomic E-state index is 12.7. The van der Waals surface area contributed by atoms with E-state index in [4.69, 9.17) is 16.0 Å². The van der Waals surface area contributed by atoms with Gasteiger partial charge in [-0.1, -0.05) is 50.8 Å². The Morgan fingerprint density at radius 1 is 0.960 bits per heavy atom. The zero-order chi connectivity index (χ0) is 17.6. The quantitative estimate of drug-likeness (QED) is 0.263.